The van der Waals surface area contributed by atoms with Crippen molar-refractivity contribution in [1.29, 1.82) is 0 Å². The van der Waals surface area contributed by atoms with Crippen LogP contribution in [0.25, 0.3) is 0 Å². The molecule has 0 aromatic carbocycles. The van der Waals surface area contributed by atoms with Crippen LogP contribution in [0.15, 0.2) is 0 Å². The highest BCUT2D eigenvalue weighted by molar-refractivity contribution is 5.64. The zero-order valence-corrected chi connectivity index (χ0v) is 6.63. The van der Waals surface area contributed by atoms with Crippen LogP contribution in [0.1, 0.15) is 19.8 Å². The van der Waals surface area contributed by atoms with Crippen molar-refractivity contribution in [1.82, 2.24) is 10.6 Å². The molecule has 2 atom stereocenters. The van der Waals surface area contributed by atoms with Gasteiger partial charge in [-0.15, -0.1) is 0 Å². The molecule has 1 fully saturated rings. The van der Waals surface area contributed by atoms with Gasteiger partial charge in [-0.05, 0) is 26.3 Å². The number of hydrogen-bond acceptors (Lipinski definition) is 2. The molecule has 64 valence electrons. The molecular formula is C7H14N2O2. The monoisotopic (exact) mass is 158 g/mol. The summed E-state index contributed by atoms with van der Waals surface area (Å²) in [7, 11) is 0. The zero-order valence-electron chi connectivity index (χ0n) is 6.63. The summed E-state index contributed by atoms with van der Waals surface area (Å²) in [6, 6.07) is 0.348. The Hall–Kier alpha value is -0.770. The van der Waals surface area contributed by atoms with Crippen LogP contribution in [-0.4, -0.2) is 29.8 Å². The van der Waals surface area contributed by atoms with Crippen molar-refractivity contribution in [2.24, 2.45) is 0 Å². The smallest absolute Gasteiger partial charge is 0.404 e. The highest BCUT2D eigenvalue weighted by atomic mass is 16.4. The molecular weight excluding hydrogens is 144 g/mol. The predicted molar refractivity (Wildman–Crippen MR) is 41.6 cm³/mol. The van der Waals surface area contributed by atoms with Crippen molar-refractivity contribution in [2.75, 3.05) is 6.54 Å². The summed E-state index contributed by atoms with van der Waals surface area (Å²) in [4.78, 5) is 10.3. The lowest BCUT2D eigenvalue weighted by atomic mass is 10.0. The molecule has 4 nitrogen and oxygen atoms in total. The lowest BCUT2D eigenvalue weighted by Gasteiger charge is -2.29. The summed E-state index contributed by atoms with van der Waals surface area (Å²) in [6.07, 6.45) is 1.07. The predicted octanol–water partition coefficient (Wildman–Crippen LogP) is 0.395. The topological polar surface area (TPSA) is 61.4 Å². The van der Waals surface area contributed by atoms with Gasteiger partial charge in [0.15, 0.2) is 0 Å². The largest absolute Gasteiger partial charge is 0.465 e. The third-order valence-electron chi connectivity index (χ3n) is 2.07. The average molecular weight is 158 g/mol. The summed E-state index contributed by atoms with van der Waals surface area (Å²) in [5.41, 5.74) is 0. The Balaban J connectivity index is 2.35. The van der Waals surface area contributed by atoms with E-state index in [1.165, 1.54) is 0 Å². The van der Waals surface area contributed by atoms with Crippen LogP contribution in [0.3, 0.4) is 0 Å². The molecule has 1 saturated heterocycles. The first kappa shape index (κ1) is 8.33. The molecule has 1 amide bonds. The van der Waals surface area contributed by atoms with E-state index in [2.05, 4.69) is 10.6 Å². The highest BCUT2D eigenvalue weighted by Crippen LogP contribution is 2.07. The molecule has 1 rings (SSSR count). The number of piperidine rings is 1. The lowest BCUT2D eigenvalue weighted by molar-refractivity contribution is 0.182. The first-order valence-corrected chi connectivity index (χ1v) is 3.93. The maximum atomic E-state index is 10.3. The van der Waals surface area contributed by atoms with Gasteiger partial charge >= 0.3 is 6.09 Å². The van der Waals surface area contributed by atoms with Crippen LogP contribution in [0.5, 0.6) is 0 Å². The van der Waals surface area contributed by atoms with Gasteiger partial charge in [0, 0.05) is 12.1 Å². The van der Waals surface area contributed by atoms with Gasteiger partial charge < -0.3 is 15.7 Å². The second-order valence-corrected chi connectivity index (χ2v) is 2.94. The van der Waals surface area contributed by atoms with Crippen LogP contribution in [0.2, 0.25) is 0 Å². The van der Waals surface area contributed by atoms with Crippen molar-refractivity contribution in [3.8, 4) is 0 Å². The Morgan fingerprint density at radius 2 is 2.45 bits per heavy atom. The SMILES string of the molecule is CC1NCCCC1NC(=O)O. The van der Waals surface area contributed by atoms with Crippen LogP contribution < -0.4 is 10.6 Å². The average Bonchev–Trinajstić information content (AvgIpc) is 1.93. The number of carboxylic acid groups (broad SMARTS) is 1. The maximum absolute atomic E-state index is 10.3. The molecule has 11 heavy (non-hydrogen) atoms. The number of amides is 1. The molecule has 0 aliphatic carbocycles. The van der Waals surface area contributed by atoms with E-state index in [1.54, 1.807) is 0 Å². The van der Waals surface area contributed by atoms with E-state index < -0.39 is 6.09 Å². The Labute approximate surface area is 66.0 Å². The number of carbonyl (C=O) groups is 1. The Bertz CT molecular complexity index is 149. The van der Waals surface area contributed by atoms with Gasteiger partial charge in [0.1, 0.15) is 0 Å². The number of rotatable bonds is 1. The van der Waals surface area contributed by atoms with E-state index in [0.717, 1.165) is 19.4 Å². The van der Waals surface area contributed by atoms with Crippen molar-refractivity contribution in [3.63, 3.8) is 0 Å². The second-order valence-electron chi connectivity index (χ2n) is 2.94. The van der Waals surface area contributed by atoms with Crippen LogP contribution in [-0.2, 0) is 0 Å². The lowest BCUT2D eigenvalue weighted by Crippen LogP contribution is -2.51. The van der Waals surface area contributed by atoms with Crippen LogP contribution in [0, 0.1) is 0 Å². The fraction of sp³-hybridized carbons (Fsp3) is 0.857. The van der Waals surface area contributed by atoms with Gasteiger partial charge in [0.25, 0.3) is 0 Å². The van der Waals surface area contributed by atoms with E-state index in [4.69, 9.17) is 5.11 Å². The molecule has 0 bridgehead atoms. The van der Waals surface area contributed by atoms with Crippen molar-refractivity contribution in [3.05, 3.63) is 0 Å². The van der Waals surface area contributed by atoms with Crippen LogP contribution in [0.4, 0.5) is 4.79 Å². The summed E-state index contributed by atoms with van der Waals surface area (Å²) in [5, 5.41) is 14.1. The molecule has 1 aliphatic rings. The zero-order chi connectivity index (χ0) is 8.27. The fourth-order valence-corrected chi connectivity index (χ4v) is 1.40. The fourth-order valence-electron chi connectivity index (χ4n) is 1.40. The third-order valence-corrected chi connectivity index (χ3v) is 2.07. The molecule has 1 heterocycles. The minimum Gasteiger partial charge on any atom is -0.465 e. The normalized spacial score (nSPS) is 31.4. The van der Waals surface area contributed by atoms with Crippen molar-refractivity contribution >= 4 is 6.09 Å². The molecule has 3 N–H and O–H groups in total. The Morgan fingerprint density at radius 3 is 3.00 bits per heavy atom. The molecule has 2 unspecified atom stereocenters. The van der Waals surface area contributed by atoms with Crippen LogP contribution >= 0.6 is 0 Å². The molecule has 0 aromatic heterocycles. The molecule has 0 spiro atoms. The molecule has 4 heteroatoms. The van der Waals surface area contributed by atoms with Crippen molar-refractivity contribution in [2.45, 2.75) is 31.8 Å². The third kappa shape index (κ3) is 2.38. The minimum absolute atomic E-state index is 0.0845. The summed E-state index contributed by atoms with van der Waals surface area (Å²) in [6.45, 7) is 3.00. The van der Waals surface area contributed by atoms with E-state index in [9.17, 15) is 4.79 Å². The number of hydrogen-bond donors (Lipinski definition) is 3. The Kier molecular flexibility index (Phi) is 2.70. The minimum atomic E-state index is -0.925. The van der Waals surface area contributed by atoms with E-state index in [-0.39, 0.29) is 12.1 Å². The second kappa shape index (κ2) is 3.57. The molecule has 1 aliphatic heterocycles. The van der Waals surface area contributed by atoms with Gasteiger partial charge in [0.05, 0.1) is 0 Å². The molecule has 0 saturated carbocycles. The first-order valence-electron chi connectivity index (χ1n) is 3.93. The molecule has 0 radical (unpaired) electrons. The summed E-state index contributed by atoms with van der Waals surface area (Å²) in [5.74, 6) is 0. The van der Waals surface area contributed by atoms with E-state index >= 15 is 0 Å². The van der Waals surface area contributed by atoms with Gasteiger partial charge in [-0.25, -0.2) is 4.79 Å². The standard InChI is InChI=1S/C7H14N2O2/c1-5-6(9-7(10)11)3-2-4-8-5/h5-6,8-9H,2-4H2,1H3,(H,10,11). The van der Waals surface area contributed by atoms with Gasteiger partial charge in [-0.1, -0.05) is 0 Å². The number of nitrogens with one attached hydrogen (secondary N) is 2. The summed E-state index contributed by atoms with van der Waals surface area (Å²) < 4.78 is 0. The van der Waals surface area contributed by atoms with Gasteiger partial charge in [0.2, 0.25) is 0 Å². The summed E-state index contributed by atoms with van der Waals surface area (Å²) >= 11 is 0. The van der Waals surface area contributed by atoms with E-state index in [1.807, 2.05) is 6.92 Å². The van der Waals surface area contributed by atoms with Crippen molar-refractivity contribution < 1.29 is 9.90 Å². The highest BCUT2D eigenvalue weighted by Gasteiger charge is 2.21. The Morgan fingerprint density at radius 1 is 1.73 bits per heavy atom. The molecule has 0 aromatic rings. The van der Waals surface area contributed by atoms with E-state index in [0.29, 0.717) is 0 Å². The quantitative estimate of drug-likeness (QED) is 0.517. The van der Waals surface area contributed by atoms with Gasteiger partial charge in [-0.2, -0.15) is 0 Å². The van der Waals surface area contributed by atoms with Gasteiger partial charge in [-0.3, -0.25) is 0 Å². The maximum Gasteiger partial charge on any atom is 0.404 e. The first-order chi connectivity index (χ1) is 5.20.